The van der Waals surface area contributed by atoms with Crippen LogP contribution in [0.25, 0.3) is 6.08 Å². The van der Waals surface area contributed by atoms with E-state index in [0.717, 1.165) is 17.7 Å². The van der Waals surface area contributed by atoms with Crippen LogP contribution in [0.1, 0.15) is 12.0 Å². The number of methoxy groups -OCH3 is 1. The lowest BCUT2D eigenvalue weighted by Gasteiger charge is -2.01. The maximum atomic E-state index is 13.0. The monoisotopic (exact) mass is 212 g/mol. The molecule has 0 bridgehead atoms. The number of ether oxygens (including phenoxy) is 1. The number of thiol groups is 1. The summed E-state index contributed by atoms with van der Waals surface area (Å²) in [6, 6.07) is 4.62. The Labute approximate surface area is 89.0 Å². The van der Waals surface area contributed by atoms with Crippen LogP contribution in [-0.4, -0.2) is 12.9 Å². The number of benzene rings is 1. The minimum atomic E-state index is -0.283. The molecule has 1 aromatic rings. The standard InChI is InChI=1S/C11H13FOS/c1-13-11-7-9(4-2-3-5-14)6-10(12)8-11/h2,4,6-8,14H,3,5H2,1H3. The number of halogens is 1. The van der Waals surface area contributed by atoms with E-state index < -0.39 is 0 Å². The van der Waals surface area contributed by atoms with Gasteiger partial charge in [-0.2, -0.15) is 12.6 Å². The van der Waals surface area contributed by atoms with Crippen LogP contribution in [-0.2, 0) is 0 Å². The van der Waals surface area contributed by atoms with E-state index in [-0.39, 0.29) is 5.82 Å². The highest BCUT2D eigenvalue weighted by Crippen LogP contribution is 2.17. The van der Waals surface area contributed by atoms with Crippen LogP contribution in [0.3, 0.4) is 0 Å². The summed E-state index contributed by atoms with van der Waals surface area (Å²) in [5, 5.41) is 0. The zero-order valence-corrected chi connectivity index (χ0v) is 8.93. The number of hydrogen-bond acceptors (Lipinski definition) is 2. The topological polar surface area (TPSA) is 9.23 Å². The van der Waals surface area contributed by atoms with Gasteiger partial charge in [0.1, 0.15) is 11.6 Å². The highest BCUT2D eigenvalue weighted by atomic mass is 32.1. The summed E-state index contributed by atoms with van der Waals surface area (Å²) in [7, 11) is 1.52. The average molecular weight is 212 g/mol. The first kappa shape index (κ1) is 11.1. The molecule has 76 valence electrons. The van der Waals surface area contributed by atoms with Crippen LogP contribution in [0.4, 0.5) is 4.39 Å². The van der Waals surface area contributed by atoms with E-state index in [0.29, 0.717) is 5.75 Å². The van der Waals surface area contributed by atoms with E-state index in [2.05, 4.69) is 12.6 Å². The molecule has 0 unspecified atom stereocenters. The molecule has 0 heterocycles. The molecule has 1 nitrogen and oxygen atoms in total. The van der Waals surface area contributed by atoms with Gasteiger partial charge in [0.2, 0.25) is 0 Å². The normalized spacial score (nSPS) is 10.8. The van der Waals surface area contributed by atoms with E-state index in [4.69, 9.17) is 4.74 Å². The van der Waals surface area contributed by atoms with Crippen LogP contribution in [0, 0.1) is 5.82 Å². The summed E-state index contributed by atoms with van der Waals surface area (Å²) in [4.78, 5) is 0. The van der Waals surface area contributed by atoms with Crippen LogP contribution in [0.15, 0.2) is 24.3 Å². The van der Waals surface area contributed by atoms with Crippen molar-refractivity contribution in [3.05, 3.63) is 35.7 Å². The fourth-order valence-corrected chi connectivity index (χ4v) is 1.24. The number of hydrogen-bond donors (Lipinski definition) is 1. The van der Waals surface area contributed by atoms with E-state index in [1.54, 1.807) is 6.07 Å². The van der Waals surface area contributed by atoms with Crippen LogP contribution in [0.2, 0.25) is 0 Å². The fourth-order valence-electron chi connectivity index (χ4n) is 1.09. The molecule has 0 saturated carbocycles. The minimum absolute atomic E-state index is 0.283. The quantitative estimate of drug-likeness (QED) is 0.754. The van der Waals surface area contributed by atoms with Gasteiger partial charge in [0.25, 0.3) is 0 Å². The number of allylic oxidation sites excluding steroid dienone is 1. The molecule has 0 spiro atoms. The summed E-state index contributed by atoms with van der Waals surface area (Å²) in [6.45, 7) is 0. The summed E-state index contributed by atoms with van der Waals surface area (Å²) >= 11 is 4.08. The van der Waals surface area contributed by atoms with Crippen LogP contribution >= 0.6 is 12.6 Å². The lowest BCUT2D eigenvalue weighted by molar-refractivity contribution is 0.411. The Hall–Kier alpha value is -0.960. The molecule has 1 rings (SSSR count). The lowest BCUT2D eigenvalue weighted by Crippen LogP contribution is -1.85. The van der Waals surface area contributed by atoms with Gasteiger partial charge in [0, 0.05) is 6.07 Å². The predicted octanol–water partition coefficient (Wildman–Crippen LogP) is 3.17. The molecule has 3 heteroatoms. The highest BCUT2D eigenvalue weighted by Gasteiger charge is 1.97. The second-order valence-corrected chi connectivity index (χ2v) is 3.29. The maximum Gasteiger partial charge on any atom is 0.127 e. The minimum Gasteiger partial charge on any atom is -0.497 e. The Bertz CT molecular complexity index is 323. The fraction of sp³-hybridized carbons (Fsp3) is 0.273. The molecule has 0 aromatic heterocycles. The largest absolute Gasteiger partial charge is 0.497 e. The van der Waals surface area contributed by atoms with Crippen molar-refractivity contribution in [2.24, 2.45) is 0 Å². The molecule has 0 aliphatic rings. The zero-order chi connectivity index (χ0) is 10.4. The first-order valence-electron chi connectivity index (χ1n) is 4.38. The Kier molecular flexibility index (Phi) is 4.53. The molecular weight excluding hydrogens is 199 g/mol. The Morgan fingerprint density at radius 3 is 2.86 bits per heavy atom. The summed E-state index contributed by atoms with van der Waals surface area (Å²) in [6.07, 6.45) is 4.70. The molecule has 1 aromatic carbocycles. The first-order chi connectivity index (χ1) is 6.76. The van der Waals surface area contributed by atoms with Crippen molar-refractivity contribution in [3.63, 3.8) is 0 Å². The SMILES string of the molecule is COc1cc(F)cc(C=CCCS)c1. The van der Waals surface area contributed by atoms with Crippen molar-refractivity contribution in [2.45, 2.75) is 6.42 Å². The number of rotatable bonds is 4. The van der Waals surface area contributed by atoms with Gasteiger partial charge in [0.15, 0.2) is 0 Å². The van der Waals surface area contributed by atoms with Gasteiger partial charge in [-0.3, -0.25) is 0 Å². The second kappa shape index (κ2) is 5.70. The molecule has 0 aliphatic heterocycles. The zero-order valence-electron chi connectivity index (χ0n) is 8.03. The van der Waals surface area contributed by atoms with Crippen molar-refractivity contribution in [1.29, 1.82) is 0 Å². The van der Waals surface area contributed by atoms with Gasteiger partial charge in [0.05, 0.1) is 7.11 Å². The van der Waals surface area contributed by atoms with Crippen molar-refractivity contribution < 1.29 is 9.13 Å². The van der Waals surface area contributed by atoms with E-state index in [1.165, 1.54) is 19.2 Å². The third kappa shape index (κ3) is 3.42. The van der Waals surface area contributed by atoms with E-state index in [9.17, 15) is 4.39 Å². The third-order valence-electron chi connectivity index (χ3n) is 1.74. The van der Waals surface area contributed by atoms with Crippen molar-refractivity contribution >= 4 is 18.7 Å². The molecular formula is C11H13FOS. The Morgan fingerprint density at radius 1 is 1.43 bits per heavy atom. The lowest BCUT2D eigenvalue weighted by atomic mass is 10.2. The summed E-state index contributed by atoms with van der Waals surface area (Å²) < 4.78 is 17.9. The van der Waals surface area contributed by atoms with Gasteiger partial charge < -0.3 is 4.74 Å². The molecule has 0 amide bonds. The first-order valence-corrected chi connectivity index (χ1v) is 5.01. The van der Waals surface area contributed by atoms with Gasteiger partial charge in [-0.05, 0) is 29.9 Å². The molecule has 0 N–H and O–H groups in total. The summed E-state index contributed by atoms with van der Waals surface area (Å²) in [5.41, 5.74) is 0.809. The van der Waals surface area contributed by atoms with Crippen molar-refractivity contribution in [3.8, 4) is 5.75 Å². The van der Waals surface area contributed by atoms with E-state index >= 15 is 0 Å². The van der Waals surface area contributed by atoms with E-state index in [1.807, 2.05) is 12.2 Å². The van der Waals surface area contributed by atoms with Gasteiger partial charge in [-0.1, -0.05) is 12.2 Å². The molecule has 0 radical (unpaired) electrons. The van der Waals surface area contributed by atoms with Crippen LogP contribution in [0.5, 0.6) is 5.75 Å². The van der Waals surface area contributed by atoms with Crippen molar-refractivity contribution in [1.82, 2.24) is 0 Å². The van der Waals surface area contributed by atoms with Crippen molar-refractivity contribution in [2.75, 3.05) is 12.9 Å². The molecule has 0 atom stereocenters. The molecule has 14 heavy (non-hydrogen) atoms. The van der Waals surface area contributed by atoms with Gasteiger partial charge in [-0.25, -0.2) is 4.39 Å². The van der Waals surface area contributed by atoms with Gasteiger partial charge in [-0.15, -0.1) is 0 Å². The second-order valence-electron chi connectivity index (χ2n) is 2.84. The van der Waals surface area contributed by atoms with Gasteiger partial charge >= 0.3 is 0 Å². The smallest absolute Gasteiger partial charge is 0.127 e. The Balaban J connectivity index is 2.81. The maximum absolute atomic E-state index is 13.0. The molecule has 0 fully saturated rings. The third-order valence-corrected chi connectivity index (χ3v) is 1.99. The Morgan fingerprint density at radius 2 is 2.21 bits per heavy atom. The highest BCUT2D eigenvalue weighted by molar-refractivity contribution is 7.80. The van der Waals surface area contributed by atoms with Crippen LogP contribution < -0.4 is 4.74 Å². The average Bonchev–Trinajstić information content (AvgIpc) is 2.17. The predicted molar refractivity (Wildman–Crippen MR) is 60.5 cm³/mol. The summed E-state index contributed by atoms with van der Waals surface area (Å²) in [5.74, 6) is 1.05. The molecule has 0 saturated heterocycles. The molecule has 0 aliphatic carbocycles.